The summed E-state index contributed by atoms with van der Waals surface area (Å²) in [5.74, 6) is 0.879. The average Bonchev–Trinajstić information content (AvgIpc) is 2.47. The van der Waals surface area contributed by atoms with Gasteiger partial charge in [0.05, 0.1) is 5.60 Å². The Morgan fingerprint density at radius 1 is 1.42 bits per heavy atom. The first kappa shape index (κ1) is 8.97. The van der Waals surface area contributed by atoms with Gasteiger partial charge in [0.2, 0.25) is 0 Å². The van der Waals surface area contributed by atoms with Gasteiger partial charge in [0.15, 0.2) is 0 Å². The maximum absolute atomic E-state index is 5.89. The molecular weight excluding hydrogens is 167 g/mol. The highest BCUT2D eigenvalue weighted by Gasteiger charge is 2.40. The van der Waals surface area contributed by atoms with Crippen LogP contribution in [-0.4, -0.2) is 17.9 Å². The number of rotatable bonds is 0. The molecule has 1 saturated carbocycles. The normalized spacial score (nSPS) is 48.5. The Hall–Kier alpha value is 0.390. The van der Waals surface area contributed by atoms with Crippen molar-refractivity contribution in [3.63, 3.8) is 0 Å². The second kappa shape index (κ2) is 3.27. The Morgan fingerprint density at radius 2 is 2.25 bits per heavy atom. The van der Waals surface area contributed by atoms with Crippen LogP contribution >= 0.6 is 9.24 Å². The van der Waals surface area contributed by atoms with E-state index in [-0.39, 0.29) is 0 Å². The molecule has 0 aromatic carbocycles. The molecule has 0 bridgehead atoms. The summed E-state index contributed by atoms with van der Waals surface area (Å²) in [4.78, 5) is 0. The van der Waals surface area contributed by atoms with E-state index < -0.39 is 0 Å². The van der Waals surface area contributed by atoms with Gasteiger partial charge in [-0.25, -0.2) is 0 Å². The molecule has 0 radical (unpaired) electrons. The molecule has 70 valence electrons. The van der Waals surface area contributed by atoms with Gasteiger partial charge in [-0.3, -0.25) is 0 Å². The topological polar surface area (TPSA) is 9.23 Å². The largest absolute Gasteiger partial charge is 0.375 e. The van der Waals surface area contributed by atoms with Crippen LogP contribution in [0.3, 0.4) is 0 Å². The molecule has 12 heavy (non-hydrogen) atoms. The van der Waals surface area contributed by atoms with E-state index in [4.69, 9.17) is 4.74 Å². The fourth-order valence-corrected chi connectivity index (χ4v) is 3.17. The number of ether oxygens (including phenoxy) is 1. The van der Waals surface area contributed by atoms with Gasteiger partial charge < -0.3 is 4.74 Å². The van der Waals surface area contributed by atoms with Crippen molar-refractivity contribution in [2.75, 3.05) is 6.61 Å². The van der Waals surface area contributed by atoms with Crippen molar-refractivity contribution < 1.29 is 4.74 Å². The van der Waals surface area contributed by atoms with E-state index in [0.717, 1.165) is 18.2 Å². The molecule has 0 N–H and O–H groups in total. The minimum absolute atomic E-state index is 0.304. The predicted molar refractivity (Wildman–Crippen MR) is 54.4 cm³/mol. The van der Waals surface area contributed by atoms with Gasteiger partial charge in [0, 0.05) is 6.61 Å². The van der Waals surface area contributed by atoms with Crippen molar-refractivity contribution in [2.24, 2.45) is 5.92 Å². The van der Waals surface area contributed by atoms with Gasteiger partial charge in [-0.1, -0.05) is 6.92 Å². The lowest BCUT2D eigenvalue weighted by molar-refractivity contribution is -0.0307. The molecule has 4 atom stereocenters. The summed E-state index contributed by atoms with van der Waals surface area (Å²) < 4.78 is 5.89. The van der Waals surface area contributed by atoms with Gasteiger partial charge in [-0.05, 0) is 43.7 Å². The third kappa shape index (κ3) is 1.54. The summed E-state index contributed by atoms with van der Waals surface area (Å²) in [5.41, 5.74) is 1.09. The van der Waals surface area contributed by atoms with Gasteiger partial charge in [0.25, 0.3) is 0 Å². The number of hydrogen-bond acceptors (Lipinski definition) is 1. The maximum Gasteiger partial charge on any atom is 0.0689 e. The highest BCUT2D eigenvalue weighted by atomic mass is 31.0. The zero-order valence-electron chi connectivity index (χ0n) is 7.88. The molecule has 2 rings (SSSR count). The first-order valence-corrected chi connectivity index (χ1v) is 5.78. The molecule has 4 unspecified atom stereocenters. The van der Waals surface area contributed by atoms with E-state index in [0.29, 0.717) is 5.60 Å². The quantitative estimate of drug-likeness (QED) is 0.528. The summed E-state index contributed by atoms with van der Waals surface area (Å²) in [6, 6.07) is 0. The third-order valence-corrected chi connectivity index (χ3v) is 4.47. The summed E-state index contributed by atoms with van der Waals surface area (Å²) >= 11 is 0. The lowest BCUT2D eigenvalue weighted by Gasteiger charge is -2.39. The molecule has 1 aliphatic heterocycles. The summed E-state index contributed by atoms with van der Waals surface area (Å²) in [6.45, 7) is 3.37. The molecule has 0 amide bonds. The minimum atomic E-state index is 0.304. The Morgan fingerprint density at radius 3 is 2.83 bits per heavy atom. The standard InChI is InChI=1S/C10H19OP/c1-8-3-5-10(7-9(8)12)4-2-6-11-10/h8-9H,2-7,12H2,1H3. The lowest BCUT2D eigenvalue weighted by Crippen LogP contribution is -2.38. The van der Waals surface area contributed by atoms with Crippen molar-refractivity contribution in [2.45, 2.75) is 50.3 Å². The lowest BCUT2D eigenvalue weighted by atomic mass is 9.78. The van der Waals surface area contributed by atoms with E-state index in [1.165, 1.54) is 32.1 Å². The van der Waals surface area contributed by atoms with E-state index >= 15 is 0 Å². The first-order valence-electron chi connectivity index (χ1n) is 5.11. The molecule has 1 spiro atoms. The van der Waals surface area contributed by atoms with Crippen LogP contribution in [0.2, 0.25) is 0 Å². The van der Waals surface area contributed by atoms with Gasteiger partial charge in [0.1, 0.15) is 0 Å². The molecular formula is C10H19OP. The summed E-state index contributed by atoms with van der Waals surface area (Å²) in [5, 5.41) is 0. The molecule has 0 aromatic heterocycles. The highest BCUT2D eigenvalue weighted by Crippen LogP contribution is 2.43. The van der Waals surface area contributed by atoms with Crippen molar-refractivity contribution in [3.05, 3.63) is 0 Å². The van der Waals surface area contributed by atoms with Crippen LogP contribution in [0.4, 0.5) is 0 Å². The van der Waals surface area contributed by atoms with E-state index in [2.05, 4.69) is 16.2 Å². The minimum Gasteiger partial charge on any atom is -0.375 e. The summed E-state index contributed by atoms with van der Waals surface area (Å²) in [7, 11) is 2.99. The van der Waals surface area contributed by atoms with E-state index in [1.807, 2.05) is 0 Å². The van der Waals surface area contributed by atoms with Crippen LogP contribution in [0.15, 0.2) is 0 Å². The monoisotopic (exact) mass is 186 g/mol. The predicted octanol–water partition coefficient (Wildman–Crippen LogP) is 2.60. The van der Waals surface area contributed by atoms with E-state index in [1.54, 1.807) is 0 Å². The molecule has 1 saturated heterocycles. The molecule has 2 heteroatoms. The third-order valence-electron chi connectivity index (χ3n) is 3.58. The molecule has 2 aliphatic rings. The van der Waals surface area contributed by atoms with Crippen molar-refractivity contribution in [1.29, 1.82) is 0 Å². The Kier molecular flexibility index (Phi) is 2.44. The van der Waals surface area contributed by atoms with Crippen molar-refractivity contribution in [1.82, 2.24) is 0 Å². The first-order chi connectivity index (χ1) is 5.72. The van der Waals surface area contributed by atoms with Gasteiger partial charge in [-0.2, -0.15) is 0 Å². The smallest absolute Gasteiger partial charge is 0.0689 e. The molecule has 0 aromatic rings. The second-order valence-corrected chi connectivity index (χ2v) is 5.38. The molecule has 1 heterocycles. The molecule has 1 aliphatic carbocycles. The van der Waals surface area contributed by atoms with Gasteiger partial charge in [-0.15, -0.1) is 9.24 Å². The molecule has 1 nitrogen and oxygen atoms in total. The fraction of sp³-hybridized carbons (Fsp3) is 1.00. The van der Waals surface area contributed by atoms with Gasteiger partial charge >= 0.3 is 0 Å². The van der Waals surface area contributed by atoms with Crippen molar-refractivity contribution in [3.8, 4) is 0 Å². The highest BCUT2D eigenvalue weighted by molar-refractivity contribution is 7.17. The van der Waals surface area contributed by atoms with Crippen LogP contribution in [0.25, 0.3) is 0 Å². The van der Waals surface area contributed by atoms with Crippen LogP contribution in [0.1, 0.15) is 39.0 Å². The van der Waals surface area contributed by atoms with E-state index in [9.17, 15) is 0 Å². The number of hydrogen-bond donors (Lipinski definition) is 0. The zero-order valence-corrected chi connectivity index (χ0v) is 9.04. The Bertz CT molecular complexity index is 163. The summed E-state index contributed by atoms with van der Waals surface area (Å²) in [6.07, 6.45) is 6.53. The second-order valence-electron chi connectivity index (χ2n) is 4.52. The Labute approximate surface area is 77.5 Å². The maximum atomic E-state index is 5.89. The van der Waals surface area contributed by atoms with Crippen LogP contribution in [0.5, 0.6) is 0 Å². The SMILES string of the molecule is CC1CCC2(CCCO2)CC1P. The zero-order chi connectivity index (χ0) is 8.60. The fourth-order valence-electron chi connectivity index (χ4n) is 2.55. The van der Waals surface area contributed by atoms with Crippen LogP contribution in [-0.2, 0) is 4.74 Å². The van der Waals surface area contributed by atoms with Crippen LogP contribution < -0.4 is 0 Å². The van der Waals surface area contributed by atoms with Crippen molar-refractivity contribution >= 4 is 9.24 Å². The van der Waals surface area contributed by atoms with Crippen LogP contribution in [0, 0.1) is 5.92 Å². The Balaban J connectivity index is 2.01. The molecule has 2 fully saturated rings. The average molecular weight is 186 g/mol.